The summed E-state index contributed by atoms with van der Waals surface area (Å²) in [5, 5.41) is 19.2. The van der Waals surface area contributed by atoms with Crippen LogP contribution in [-0.4, -0.2) is 59.5 Å². The van der Waals surface area contributed by atoms with Gasteiger partial charge in [0.05, 0.1) is 35.2 Å². The lowest BCUT2D eigenvalue weighted by Crippen LogP contribution is -2.38. The summed E-state index contributed by atoms with van der Waals surface area (Å²) < 4.78 is 35.9. The molecule has 2 N–H and O–H groups in total. The maximum Gasteiger partial charge on any atom is 0.256 e. The number of ether oxygens (including phenoxy) is 1. The number of piperidine rings is 1. The Kier molecular flexibility index (Phi) is 8.52. The first-order chi connectivity index (χ1) is 17.8. The number of aliphatic imine (C=N–C) groups is 1. The lowest BCUT2D eigenvalue weighted by Gasteiger charge is -2.31. The number of hydrogen-bond donors (Lipinski definition) is 2. The highest BCUT2D eigenvalue weighted by atomic mass is 32.2. The van der Waals surface area contributed by atoms with E-state index in [4.69, 9.17) is 9.73 Å². The molecule has 0 bridgehead atoms. The minimum absolute atomic E-state index is 0.118. The van der Waals surface area contributed by atoms with E-state index in [0.29, 0.717) is 72.4 Å². The number of rotatable bonds is 10. The van der Waals surface area contributed by atoms with Gasteiger partial charge >= 0.3 is 0 Å². The van der Waals surface area contributed by atoms with Gasteiger partial charge in [0.15, 0.2) is 0 Å². The molecule has 202 valence electrons. The van der Waals surface area contributed by atoms with Crippen LogP contribution in [0.15, 0.2) is 32.9 Å². The van der Waals surface area contributed by atoms with Crippen LogP contribution >= 0.6 is 0 Å². The summed E-state index contributed by atoms with van der Waals surface area (Å²) in [5.74, 6) is 0.855. The maximum atomic E-state index is 13.5. The Bertz CT molecular complexity index is 1340. The van der Waals surface area contributed by atoms with Crippen LogP contribution in [0.1, 0.15) is 61.9 Å². The highest BCUT2D eigenvalue weighted by molar-refractivity contribution is 7.89. The monoisotopic (exact) mass is 531 g/mol. The van der Waals surface area contributed by atoms with Crippen molar-refractivity contribution in [3.63, 3.8) is 0 Å². The van der Waals surface area contributed by atoms with E-state index in [2.05, 4.69) is 0 Å². The van der Waals surface area contributed by atoms with Gasteiger partial charge in [0.25, 0.3) is 5.56 Å². The van der Waals surface area contributed by atoms with Crippen LogP contribution in [-0.2, 0) is 36.5 Å². The molecule has 4 rings (SSSR count). The summed E-state index contributed by atoms with van der Waals surface area (Å²) in [6.07, 6.45) is 3.90. The standard InChI is InChI=1S/C27H37N3O6S/c1-4-6-20-24(17-32)29(3)27(33)22-16-23(28-26(20)22)21-15-19(7-8-25(21)36-5-2)37(34,35)30-12-9-18(10-13-30)11-14-31/h7-8,15,18,31-32H,4-6,9-14,16-17H2,1-3H3. The molecule has 0 saturated carbocycles. The average molecular weight is 532 g/mol. The number of aliphatic hydroxyl groups is 2. The van der Waals surface area contributed by atoms with E-state index in [1.807, 2.05) is 13.8 Å². The van der Waals surface area contributed by atoms with Crippen molar-refractivity contribution in [2.75, 3.05) is 26.3 Å². The van der Waals surface area contributed by atoms with Crippen LogP contribution in [0.5, 0.6) is 5.75 Å². The third-order valence-corrected chi connectivity index (χ3v) is 9.33. The van der Waals surface area contributed by atoms with Crippen LogP contribution in [0.25, 0.3) is 0 Å². The molecule has 0 aliphatic carbocycles. The largest absolute Gasteiger partial charge is 0.493 e. The lowest BCUT2D eigenvalue weighted by molar-refractivity contribution is 0.208. The first-order valence-corrected chi connectivity index (χ1v) is 14.5. The van der Waals surface area contributed by atoms with Crippen LogP contribution < -0.4 is 10.3 Å². The van der Waals surface area contributed by atoms with Gasteiger partial charge in [-0.2, -0.15) is 4.31 Å². The average Bonchev–Trinajstić information content (AvgIpc) is 3.34. The van der Waals surface area contributed by atoms with Gasteiger partial charge < -0.3 is 19.5 Å². The minimum atomic E-state index is -3.73. The summed E-state index contributed by atoms with van der Waals surface area (Å²) in [6.45, 7) is 4.99. The van der Waals surface area contributed by atoms with Gasteiger partial charge in [-0.05, 0) is 56.7 Å². The molecule has 1 fully saturated rings. The third kappa shape index (κ3) is 5.25. The van der Waals surface area contributed by atoms with Crippen LogP contribution in [0.2, 0.25) is 0 Å². The maximum absolute atomic E-state index is 13.5. The fourth-order valence-corrected chi connectivity index (χ4v) is 6.90. The van der Waals surface area contributed by atoms with E-state index in [0.717, 1.165) is 24.8 Å². The molecular weight excluding hydrogens is 494 g/mol. The van der Waals surface area contributed by atoms with Gasteiger partial charge in [-0.25, -0.2) is 8.42 Å². The van der Waals surface area contributed by atoms with E-state index >= 15 is 0 Å². The predicted octanol–water partition coefficient (Wildman–Crippen LogP) is 2.69. The number of aliphatic hydroxyl groups excluding tert-OH is 2. The molecule has 0 spiro atoms. The Labute approximate surface area is 218 Å². The minimum Gasteiger partial charge on any atom is -0.493 e. The molecule has 9 nitrogen and oxygen atoms in total. The molecule has 3 heterocycles. The van der Waals surface area contributed by atoms with E-state index in [1.165, 1.54) is 8.87 Å². The number of nitrogens with zero attached hydrogens (tertiary/aromatic N) is 3. The van der Waals surface area contributed by atoms with Crippen molar-refractivity contribution >= 4 is 21.4 Å². The second-order valence-corrected chi connectivity index (χ2v) is 11.6. The topological polar surface area (TPSA) is 121 Å². The fourth-order valence-electron chi connectivity index (χ4n) is 5.40. The van der Waals surface area contributed by atoms with Gasteiger partial charge in [-0.3, -0.25) is 9.79 Å². The molecule has 2 aliphatic heterocycles. The molecule has 2 aromatic rings. The van der Waals surface area contributed by atoms with Gasteiger partial charge in [0, 0.05) is 49.9 Å². The number of hydrogen-bond acceptors (Lipinski definition) is 7. The van der Waals surface area contributed by atoms with Crippen molar-refractivity contribution in [1.82, 2.24) is 8.87 Å². The Hall–Kier alpha value is -2.53. The van der Waals surface area contributed by atoms with Gasteiger partial charge in [-0.1, -0.05) is 13.3 Å². The highest BCUT2D eigenvalue weighted by Crippen LogP contribution is 2.36. The summed E-state index contributed by atoms with van der Waals surface area (Å²) in [7, 11) is -2.07. The van der Waals surface area contributed by atoms with Gasteiger partial charge in [0.1, 0.15) is 5.75 Å². The van der Waals surface area contributed by atoms with Crippen molar-refractivity contribution in [3.8, 4) is 5.75 Å². The number of fused-ring (bicyclic) bond motifs is 1. The Morgan fingerprint density at radius 2 is 1.89 bits per heavy atom. The summed E-state index contributed by atoms with van der Waals surface area (Å²) in [6, 6.07) is 4.85. The quantitative estimate of drug-likeness (QED) is 0.486. The smallest absolute Gasteiger partial charge is 0.256 e. The fraction of sp³-hybridized carbons (Fsp3) is 0.556. The summed E-state index contributed by atoms with van der Waals surface area (Å²) in [5.41, 5.74) is 3.49. The van der Waals surface area contributed by atoms with Crippen LogP contribution in [0.4, 0.5) is 5.69 Å². The van der Waals surface area contributed by atoms with Crippen molar-refractivity contribution in [1.29, 1.82) is 0 Å². The van der Waals surface area contributed by atoms with E-state index in [-0.39, 0.29) is 30.1 Å². The lowest BCUT2D eigenvalue weighted by atomic mass is 9.95. The summed E-state index contributed by atoms with van der Waals surface area (Å²) in [4.78, 5) is 18.1. The van der Waals surface area contributed by atoms with Gasteiger partial charge in [0.2, 0.25) is 10.0 Å². The second kappa shape index (κ2) is 11.5. The Morgan fingerprint density at radius 3 is 2.51 bits per heavy atom. The Morgan fingerprint density at radius 1 is 1.16 bits per heavy atom. The molecule has 10 heteroatoms. The Balaban J connectivity index is 1.75. The summed E-state index contributed by atoms with van der Waals surface area (Å²) >= 11 is 0. The molecule has 0 atom stereocenters. The first-order valence-electron chi connectivity index (χ1n) is 13.1. The molecule has 0 amide bonds. The highest BCUT2D eigenvalue weighted by Gasteiger charge is 2.32. The molecule has 37 heavy (non-hydrogen) atoms. The zero-order valence-corrected chi connectivity index (χ0v) is 22.7. The van der Waals surface area contributed by atoms with Crippen molar-refractivity contribution in [3.05, 3.63) is 50.9 Å². The van der Waals surface area contributed by atoms with E-state index in [1.54, 1.807) is 25.2 Å². The van der Waals surface area contributed by atoms with Crippen molar-refractivity contribution < 1.29 is 23.4 Å². The zero-order chi connectivity index (χ0) is 26.7. The molecule has 0 radical (unpaired) electrons. The number of benzene rings is 1. The molecule has 1 aromatic carbocycles. The predicted molar refractivity (Wildman–Crippen MR) is 142 cm³/mol. The van der Waals surface area contributed by atoms with Crippen LogP contribution in [0.3, 0.4) is 0 Å². The second-order valence-electron chi connectivity index (χ2n) is 9.71. The third-order valence-electron chi connectivity index (χ3n) is 7.44. The van der Waals surface area contributed by atoms with Gasteiger partial charge in [-0.15, -0.1) is 0 Å². The van der Waals surface area contributed by atoms with E-state index in [9.17, 15) is 23.4 Å². The molecule has 2 aliphatic rings. The number of pyridine rings is 1. The SMILES string of the molecule is CCCc1c2c(c(=O)n(C)c1CO)CC(c1cc(S(=O)(=O)N3CCC(CCO)CC3)ccc1OCC)=N2. The molecular formula is C27H37N3O6S. The van der Waals surface area contributed by atoms with E-state index < -0.39 is 10.0 Å². The number of aromatic nitrogens is 1. The molecule has 0 unspecified atom stereocenters. The number of sulfonamides is 1. The molecule has 1 saturated heterocycles. The van der Waals surface area contributed by atoms with Crippen LogP contribution in [0, 0.1) is 5.92 Å². The molecule has 1 aromatic heterocycles. The first kappa shape index (κ1) is 27.5. The normalized spacial score (nSPS) is 16.6. The zero-order valence-electron chi connectivity index (χ0n) is 21.9. The van der Waals surface area contributed by atoms with Crippen molar-refractivity contribution in [2.24, 2.45) is 18.0 Å². The van der Waals surface area contributed by atoms with Crippen molar-refractivity contribution in [2.45, 2.75) is 63.9 Å².